The number of carbonyl (C=O) groups excluding carboxylic acids is 3. The maximum absolute atomic E-state index is 12.2. The van der Waals surface area contributed by atoms with E-state index in [-0.39, 0.29) is 12.5 Å². The minimum absolute atomic E-state index is 0.186. The molecule has 30 heavy (non-hydrogen) atoms. The summed E-state index contributed by atoms with van der Waals surface area (Å²) in [6, 6.07) is 13.6. The van der Waals surface area contributed by atoms with Crippen molar-refractivity contribution >= 4 is 29.2 Å². The number of ether oxygens (including phenoxy) is 3. The number of amides is 2. The molecule has 0 aliphatic heterocycles. The number of para-hydroxylation sites is 2. The fourth-order valence-corrected chi connectivity index (χ4v) is 2.41. The Labute approximate surface area is 175 Å². The Balaban J connectivity index is 1.82. The first kappa shape index (κ1) is 22.7. The second-order valence-electron chi connectivity index (χ2n) is 6.46. The number of nitrogens with one attached hydrogen (secondary N) is 2. The van der Waals surface area contributed by atoms with E-state index in [1.54, 1.807) is 42.5 Å². The van der Waals surface area contributed by atoms with E-state index in [2.05, 4.69) is 10.6 Å². The van der Waals surface area contributed by atoms with E-state index < -0.39 is 18.0 Å². The summed E-state index contributed by atoms with van der Waals surface area (Å²) >= 11 is 0. The van der Waals surface area contributed by atoms with E-state index in [9.17, 15) is 14.4 Å². The Kier molecular flexibility index (Phi) is 8.68. The van der Waals surface area contributed by atoms with Crippen LogP contribution in [0.3, 0.4) is 0 Å². The molecule has 8 heteroatoms. The van der Waals surface area contributed by atoms with Crippen LogP contribution in [0.25, 0.3) is 0 Å². The minimum atomic E-state index is -1.01. The number of esters is 1. The average molecular weight is 414 g/mol. The first-order valence-electron chi connectivity index (χ1n) is 9.61. The molecule has 0 fully saturated rings. The summed E-state index contributed by atoms with van der Waals surface area (Å²) in [6.45, 7) is 5.05. The Morgan fingerprint density at radius 3 is 2.03 bits per heavy atom. The zero-order valence-corrected chi connectivity index (χ0v) is 17.3. The Morgan fingerprint density at radius 2 is 1.47 bits per heavy atom. The van der Waals surface area contributed by atoms with Gasteiger partial charge in [0, 0.05) is 18.3 Å². The third-order valence-electron chi connectivity index (χ3n) is 3.81. The van der Waals surface area contributed by atoms with Gasteiger partial charge in [-0.1, -0.05) is 19.1 Å². The van der Waals surface area contributed by atoms with Crippen molar-refractivity contribution in [2.24, 2.45) is 0 Å². The summed E-state index contributed by atoms with van der Waals surface area (Å²) in [5.41, 5.74) is 1.12. The van der Waals surface area contributed by atoms with Gasteiger partial charge in [-0.05, 0) is 49.7 Å². The highest BCUT2D eigenvalue weighted by molar-refractivity contribution is 5.95. The number of hydrogen-bond acceptors (Lipinski definition) is 6. The zero-order valence-electron chi connectivity index (χ0n) is 17.3. The zero-order chi connectivity index (χ0) is 21.9. The standard InChI is InChI=1S/C22H26N2O6/c1-4-13-28-19-7-5-6-8-20(19)29-14-21(26)30-15(2)22(27)24-18-11-9-17(10-12-18)23-16(3)25/h5-12,15H,4,13-14H2,1-3H3,(H,23,25)(H,24,27)/t15-/m0/s1. The largest absolute Gasteiger partial charge is 0.490 e. The molecule has 0 bridgehead atoms. The van der Waals surface area contributed by atoms with E-state index in [1.165, 1.54) is 13.8 Å². The molecule has 0 saturated carbocycles. The van der Waals surface area contributed by atoms with Crippen molar-refractivity contribution < 1.29 is 28.6 Å². The molecule has 0 spiro atoms. The summed E-state index contributed by atoms with van der Waals surface area (Å²) in [7, 11) is 0. The summed E-state index contributed by atoms with van der Waals surface area (Å²) in [5.74, 6) is -0.375. The first-order valence-corrected chi connectivity index (χ1v) is 9.61. The molecule has 160 valence electrons. The summed E-state index contributed by atoms with van der Waals surface area (Å²) < 4.78 is 16.2. The van der Waals surface area contributed by atoms with Gasteiger partial charge in [-0.15, -0.1) is 0 Å². The summed E-state index contributed by atoms with van der Waals surface area (Å²) in [6.07, 6.45) is -0.165. The third kappa shape index (κ3) is 7.46. The lowest BCUT2D eigenvalue weighted by atomic mass is 10.2. The molecule has 2 aromatic carbocycles. The van der Waals surface area contributed by atoms with E-state index in [0.717, 1.165) is 6.42 Å². The maximum atomic E-state index is 12.2. The number of benzene rings is 2. The Hall–Kier alpha value is -3.55. The van der Waals surface area contributed by atoms with Crippen molar-refractivity contribution in [2.45, 2.75) is 33.3 Å². The highest BCUT2D eigenvalue weighted by Gasteiger charge is 2.19. The van der Waals surface area contributed by atoms with Crippen LogP contribution in [0.4, 0.5) is 11.4 Å². The number of carbonyl (C=O) groups is 3. The van der Waals surface area contributed by atoms with Crippen LogP contribution in [0.2, 0.25) is 0 Å². The van der Waals surface area contributed by atoms with Crippen LogP contribution in [0.15, 0.2) is 48.5 Å². The SMILES string of the molecule is CCCOc1ccccc1OCC(=O)O[C@@H](C)C(=O)Nc1ccc(NC(C)=O)cc1. The van der Waals surface area contributed by atoms with Crippen LogP contribution in [0, 0.1) is 0 Å². The quantitative estimate of drug-likeness (QED) is 0.578. The second kappa shape index (κ2) is 11.5. The van der Waals surface area contributed by atoms with Crippen molar-refractivity contribution in [3.63, 3.8) is 0 Å². The Bertz CT molecular complexity index is 866. The molecule has 2 rings (SSSR count). The number of hydrogen-bond donors (Lipinski definition) is 2. The van der Waals surface area contributed by atoms with Gasteiger partial charge < -0.3 is 24.8 Å². The van der Waals surface area contributed by atoms with E-state index in [0.29, 0.717) is 29.5 Å². The first-order chi connectivity index (χ1) is 14.4. The van der Waals surface area contributed by atoms with Gasteiger partial charge >= 0.3 is 5.97 Å². The highest BCUT2D eigenvalue weighted by Crippen LogP contribution is 2.26. The third-order valence-corrected chi connectivity index (χ3v) is 3.81. The molecule has 2 amide bonds. The Morgan fingerprint density at radius 1 is 0.900 bits per heavy atom. The molecule has 0 radical (unpaired) electrons. The average Bonchev–Trinajstić information content (AvgIpc) is 2.72. The molecule has 0 saturated heterocycles. The lowest BCUT2D eigenvalue weighted by Crippen LogP contribution is -2.31. The van der Waals surface area contributed by atoms with Crippen molar-refractivity contribution in [1.82, 2.24) is 0 Å². The second-order valence-corrected chi connectivity index (χ2v) is 6.46. The smallest absolute Gasteiger partial charge is 0.344 e. The molecule has 2 N–H and O–H groups in total. The minimum Gasteiger partial charge on any atom is -0.490 e. The number of anilines is 2. The molecule has 1 atom stereocenters. The maximum Gasteiger partial charge on any atom is 0.344 e. The van der Waals surface area contributed by atoms with Gasteiger partial charge in [-0.3, -0.25) is 9.59 Å². The van der Waals surface area contributed by atoms with Gasteiger partial charge in [-0.25, -0.2) is 4.79 Å². The molecule has 2 aromatic rings. The predicted molar refractivity (Wildman–Crippen MR) is 113 cm³/mol. The normalized spacial score (nSPS) is 11.2. The monoisotopic (exact) mass is 414 g/mol. The molecule has 0 aromatic heterocycles. The van der Waals surface area contributed by atoms with Gasteiger partial charge in [-0.2, -0.15) is 0 Å². The van der Waals surface area contributed by atoms with Gasteiger partial charge in [0.15, 0.2) is 24.2 Å². The van der Waals surface area contributed by atoms with Gasteiger partial charge in [0.05, 0.1) is 6.61 Å². The van der Waals surface area contributed by atoms with Crippen LogP contribution in [0.1, 0.15) is 27.2 Å². The molecule has 8 nitrogen and oxygen atoms in total. The molecule has 0 aliphatic carbocycles. The topological polar surface area (TPSA) is 103 Å². The van der Waals surface area contributed by atoms with Crippen LogP contribution < -0.4 is 20.1 Å². The lowest BCUT2D eigenvalue weighted by Gasteiger charge is -2.15. The van der Waals surface area contributed by atoms with Gasteiger partial charge in [0.2, 0.25) is 5.91 Å². The van der Waals surface area contributed by atoms with Crippen molar-refractivity contribution in [3.8, 4) is 11.5 Å². The van der Waals surface area contributed by atoms with Gasteiger partial charge in [0.1, 0.15) is 0 Å². The molecule has 0 heterocycles. The predicted octanol–water partition coefficient (Wildman–Crippen LogP) is 3.38. The molecule has 0 aliphatic rings. The summed E-state index contributed by atoms with van der Waals surface area (Å²) in [4.78, 5) is 35.3. The van der Waals surface area contributed by atoms with Crippen LogP contribution in [-0.2, 0) is 19.1 Å². The fraction of sp³-hybridized carbons (Fsp3) is 0.318. The van der Waals surface area contributed by atoms with E-state index >= 15 is 0 Å². The van der Waals surface area contributed by atoms with Crippen molar-refractivity contribution in [3.05, 3.63) is 48.5 Å². The fourth-order valence-electron chi connectivity index (χ4n) is 2.41. The molecular formula is C22H26N2O6. The highest BCUT2D eigenvalue weighted by atomic mass is 16.6. The lowest BCUT2D eigenvalue weighted by molar-refractivity contribution is -0.155. The van der Waals surface area contributed by atoms with Crippen LogP contribution in [0.5, 0.6) is 11.5 Å². The summed E-state index contributed by atoms with van der Waals surface area (Å²) in [5, 5.41) is 5.28. The van der Waals surface area contributed by atoms with E-state index in [1.807, 2.05) is 13.0 Å². The van der Waals surface area contributed by atoms with Crippen LogP contribution in [-0.4, -0.2) is 37.1 Å². The molecular weight excluding hydrogens is 388 g/mol. The van der Waals surface area contributed by atoms with Crippen LogP contribution >= 0.6 is 0 Å². The van der Waals surface area contributed by atoms with Crippen molar-refractivity contribution in [2.75, 3.05) is 23.8 Å². The molecule has 0 unspecified atom stereocenters. The van der Waals surface area contributed by atoms with Crippen molar-refractivity contribution in [1.29, 1.82) is 0 Å². The van der Waals surface area contributed by atoms with E-state index in [4.69, 9.17) is 14.2 Å². The van der Waals surface area contributed by atoms with Gasteiger partial charge in [0.25, 0.3) is 5.91 Å². The number of rotatable bonds is 10.